The van der Waals surface area contributed by atoms with E-state index >= 15 is 0 Å². The molecular formula is C31H27N3O4. The van der Waals surface area contributed by atoms with E-state index in [-0.39, 0.29) is 18.4 Å². The van der Waals surface area contributed by atoms with Crippen molar-refractivity contribution in [1.29, 1.82) is 0 Å². The van der Waals surface area contributed by atoms with Gasteiger partial charge in [0.2, 0.25) is 0 Å². The summed E-state index contributed by atoms with van der Waals surface area (Å²) in [4.78, 5) is 41.5. The van der Waals surface area contributed by atoms with Crippen molar-refractivity contribution in [3.8, 4) is 11.1 Å². The van der Waals surface area contributed by atoms with Crippen LogP contribution in [0, 0.1) is 0 Å². The smallest absolute Gasteiger partial charge is 0.323 e. The third kappa shape index (κ3) is 5.27. The highest BCUT2D eigenvalue weighted by atomic mass is 16.4. The predicted octanol–water partition coefficient (Wildman–Crippen LogP) is 5.55. The molecule has 0 aromatic heterocycles. The molecule has 38 heavy (non-hydrogen) atoms. The Morgan fingerprint density at radius 2 is 1.39 bits per heavy atom. The molecule has 2 N–H and O–H groups in total. The van der Waals surface area contributed by atoms with E-state index in [9.17, 15) is 19.5 Å². The highest BCUT2D eigenvalue weighted by Crippen LogP contribution is 2.33. The average Bonchev–Trinajstić information content (AvgIpc) is 3.13. The van der Waals surface area contributed by atoms with Gasteiger partial charge in [0.25, 0.3) is 11.8 Å². The van der Waals surface area contributed by atoms with Crippen LogP contribution < -0.4 is 15.1 Å². The number of fused-ring (bicyclic) bond motifs is 1. The lowest BCUT2D eigenvalue weighted by atomic mass is 9.99. The third-order valence-electron chi connectivity index (χ3n) is 6.54. The van der Waals surface area contributed by atoms with Crippen LogP contribution in [0.1, 0.15) is 27.1 Å². The zero-order valence-electron chi connectivity index (χ0n) is 20.7. The van der Waals surface area contributed by atoms with Gasteiger partial charge in [-0.1, -0.05) is 60.7 Å². The summed E-state index contributed by atoms with van der Waals surface area (Å²) in [5, 5.41) is 12.3. The zero-order valence-corrected chi connectivity index (χ0v) is 20.7. The van der Waals surface area contributed by atoms with Crippen LogP contribution in [-0.4, -0.2) is 42.5 Å². The van der Waals surface area contributed by atoms with Gasteiger partial charge < -0.3 is 20.2 Å². The van der Waals surface area contributed by atoms with Crippen molar-refractivity contribution < 1.29 is 19.5 Å². The van der Waals surface area contributed by atoms with E-state index < -0.39 is 5.97 Å². The Balaban J connectivity index is 1.34. The summed E-state index contributed by atoms with van der Waals surface area (Å²) in [7, 11) is 0. The van der Waals surface area contributed by atoms with Crippen LogP contribution in [0.15, 0.2) is 103 Å². The number of aliphatic carboxylic acids is 1. The fraction of sp³-hybridized carbons (Fsp3) is 0.129. The molecule has 0 fully saturated rings. The van der Waals surface area contributed by atoms with Gasteiger partial charge in [-0.3, -0.25) is 14.4 Å². The van der Waals surface area contributed by atoms with Crippen LogP contribution in [0.5, 0.6) is 0 Å². The molecule has 190 valence electrons. The van der Waals surface area contributed by atoms with Gasteiger partial charge in [0.15, 0.2) is 0 Å². The van der Waals surface area contributed by atoms with E-state index in [4.69, 9.17) is 0 Å². The highest BCUT2D eigenvalue weighted by Gasteiger charge is 2.26. The zero-order chi connectivity index (χ0) is 26.5. The van der Waals surface area contributed by atoms with Crippen molar-refractivity contribution in [3.63, 3.8) is 0 Å². The van der Waals surface area contributed by atoms with Gasteiger partial charge in [-0.15, -0.1) is 0 Å². The summed E-state index contributed by atoms with van der Waals surface area (Å²) < 4.78 is 0. The fourth-order valence-electron chi connectivity index (χ4n) is 4.76. The maximum Gasteiger partial charge on any atom is 0.323 e. The second-order valence-corrected chi connectivity index (χ2v) is 9.06. The largest absolute Gasteiger partial charge is 0.480 e. The molecule has 7 heteroatoms. The van der Waals surface area contributed by atoms with Gasteiger partial charge in [-0.05, 0) is 60.0 Å². The van der Waals surface area contributed by atoms with Gasteiger partial charge in [0.05, 0.1) is 11.4 Å². The molecule has 0 unspecified atom stereocenters. The topological polar surface area (TPSA) is 89.9 Å². The molecule has 1 aliphatic rings. The predicted molar refractivity (Wildman–Crippen MR) is 149 cm³/mol. The van der Waals surface area contributed by atoms with Crippen LogP contribution >= 0.6 is 0 Å². The first-order valence-corrected chi connectivity index (χ1v) is 12.4. The molecule has 0 saturated carbocycles. The monoisotopic (exact) mass is 505 g/mol. The fourth-order valence-corrected chi connectivity index (χ4v) is 4.76. The lowest BCUT2D eigenvalue weighted by molar-refractivity contribution is -0.135. The Bertz CT molecular complexity index is 1470. The number of anilines is 3. The Hall–Kier alpha value is -4.91. The highest BCUT2D eigenvalue weighted by molar-refractivity contribution is 6.10. The van der Waals surface area contributed by atoms with E-state index in [1.807, 2.05) is 72.8 Å². The minimum Gasteiger partial charge on any atom is -0.480 e. The van der Waals surface area contributed by atoms with Crippen molar-refractivity contribution in [2.24, 2.45) is 0 Å². The van der Waals surface area contributed by atoms with Crippen molar-refractivity contribution in [2.75, 3.05) is 34.8 Å². The van der Waals surface area contributed by atoms with Crippen molar-refractivity contribution in [1.82, 2.24) is 0 Å². The maximum atomic E-state index is 13.5. The summed E-state index contributed by atoms with van der Waals surface area (Å²) in [5.41, 5.74) is 4.83. The molecule has 5 rings (SSSR count). The number of carbonyl (C=O) groups is 3. The number of amides is 2. The molecule has 0 aliphatic carbocycles. The number of carbonyl (C=O) groups excluding carboxylic acids is 2. The van der Waals surface area contributed by atoms with E-state index in [0.717, 1.165) is 16.8 Å². The molecular weight excluding hydrogens is 478 g/mol. The average molecular weight is 506 g/mol. The van der Waals surface area contributed by atoms with Crippen molar-refractivity contribution in [3.05, 3.63) is 114 Å². The van der Waals surface area contributed by atoms with E-state index in [2.05, 4.69) is 5.32 Å². The molecule has 4 aromatic carbocycles. The van der Waals surface area contributed by atoms with Gasteiger partial charge in [0, 0.05) is 29.9 Å². The Kier molecular flexibility index (Phi) is 7.17. The molecule has 0 spiro atoms. The Morgan fingerprint density at radius 1 is 0.737 bits per heavy atom. The molecule has 7 nitrogen and oxygen atoms in total. The van der Waals surface area contributed by atoms with E-state index in [0.29, 0.717) is 42.0 Å². The molecule has 0 radical (unpaired) electrons. The molecule has 4 aromatic rings. The summed E-state index contributed by atoms with van der Waals surface area (Å²) in [6.45, 7) is 0.893. The van der Waals surface area contributed by atoms with Crippen LogP contribution in [0.2, 0.25) is 0 Å². The lowest BCUT2D eigenvalue weighted by Crippen LogP contribution is -2.31. The summed E-state index contributed by atoms with van der Waals surface area (Å²) in [6, 6.07) is 31.4. The molecule has 0 saturated heterocycles. The number of nitrogens with one attached hydrogen (secondary N) is 1. The number of rotatable bonds is 6. The molecule has 2 amide bonds. The first-order chi connectivity index (χ1) is 18.5. The molecule has 1 heterocycles. The minimum atomic E-state index is -0.913. The molecule has 0 atom stereocenters. The second-order valence-electron chi connectivity index (χ2n) is 9.06. The number of para-hydroxylation sites is 2. The normalized spacial score (nSPS) is 12.8. The quantitative estimate of drug-likeness (QED) is 0.359. The van der Waals surface area contributed by atoms with E-state index in [1.54, 1.807) is 40.1 Å². The van der Waals surface area contributed by atoms with Crippen molar-refractivity contribution >= 4 is 34.8 Å². The molecule has 1 aliphatic heterocycles. The molecule has 0 bridgehead atoms. The number of nitrogens with zero attached hydrogens (tertiary/aromatic N) is 2. The van der Waals surface area contributed by atoms with Crippen LogP contribution in [0.25, 0.3) is 11.1 Å². The first kappa shape index (κ1) is 24.8. The van der Waals surface area contributed by atoms with Gasteiger partial charge >= 0.3 is 5.97 Å². The number of carboxylic acid groups (broad SMARTS) is 1. The second kappa shape index (κ2) is 11.0. The van der Waals surface area contributed by atoms with Crippen molar-refractivity contribution in [2.45, 2.75) is 6.42 Å². The van der Waals surface area contributed by atoms with E-state index in [1.165, 1.54) is 0 Å². The summed E-state index contributed by atoms with van der Waals surface area (Å²) >= 11 is 0. The van der Waals surface area contributed by atoms with Crippen LogP contribution in [0.3, 0.4) is 0 Å². The maximum absolute atomic E-state index is 13.5. The van der Waals surface area contributed by atoms with Gasteiger partial charge in [0.1, 0.15) is 6.54 Å². The number of hydrogen-bond donors (Lipinski definition) is 2. The third-order valence-corrected chi connectivity index (χ3v) is 6.54. The van der Waals surface area contributed by atoms with Gasteiger partial charge in [-0.2, -0.15) is 0 Å². The number of carboxylic acids is 1. The SMILES string of the molecule is O=C(O)CN1CCCN(C(=O)c2ccc(NC(=O)c3ccccc3-c3ccccc3)cc2)c2ccccc21. The standard InChI is InChI=1S/C31H27N3O4/c35-29(36)21-33-19-8-20-34(28-14-7-6-13-27(28)33)31(38)23-15-17-24(18-16-23)32-30(37)26-12-5-4-11-25(26)22-9-2-1-3-10-22/h1-7,9-18H,8,19-21H2,(H,32,37)(H,35,36). The van der Waals surface area contributed by atoms with Gasteiger partial charge in [-0.25, -0.2) is 0 Å². The summed E-state index contributed by atoms with van der Waals surface area (Å²) in [5.74, 6) is -1.32. The summed E-state index contributed by atoms with van der Waals surface area (Å²) in [6.07, 6.45) is 0.642. The Labute approximate surface area is 220 Å². The number of benzene rings is 4. The van der Waals surface area contributed by atoms with Crippen LogP contribution in [-0.2, 0) is 4.79 Å². The minimum absolute atomic E-state index is 0.124. The first-order valence-electron chi connectivity index (χ1n) is 12.4. The lowest BCUT2D eigenvalue weighted by Gasteiger charge is -2.25. The number of hydrogen-bond acceptors (Lipinski definition) is 4. The Morgan fingerprint density at radius 3 is 2.13 bits per heavy atom. The van der Waals surface area contributed by atoms with Crippen LogP contribution in [0.4, 0.5) is 17.1 Å².